The second-order valence-electron chi connectivity index (χ2n) is 5.77. The normalized spacial score (nSPS) is 26.4. The van der Waals surface area contributed by atoms with E-state index in [4.69, 9.17) is 18.9 Å². The fraction of sp³-hybridized carbons (Fsp3) is 0.562. The lowest BCUT2D eigenvalue weighted by atomic mass is 9.87. The summed E-state index contributed by atoms with van der Waals surface area (Å²) in [5.41, 5.74) is -0.316. The Labute approximate surface area is 149 Å². The van der Waals surface area contributed by atoms with E-state index in [9.17, 15) is 24.0 Å². The maximum Gasteiger partial charge on any atom is 0.336 e. The first-order chi connectivity index (χ1) is 12.1. The van der Waals surface area contributed by atoms with Crippen LogP contribution in [-0.2, 0) is 42.9 Å². The van der Waals surface area contributed by atoms with E-state index in [0.29, 0.717) is 0 Å². The Bertz CT molecular complexity index is 659. The van der Waals surface area contributed by atoms with Crippen molar-refractivity contribution in [3.63, 3.8) is 0 Å². The first kappa shape index (κ1) is 19.4. The van der Waals surface area contributed by atoms with Gasteiger partial charge in [-0.2, -0.15) is 0 Å². The third-order valence-corrected chi connectivity index (χ3v) is 4.21. The van der Waals surface area contributed by atoms with Gasteiger partial charge in [-0.25, -0.2) is 9.59 Å². The van der Waals surface area contributed by atoms with E-state index in [2.05, 4.69) is 0 Å². The molecule has 0 aromatic rings. The second-order valence-corrected chi connectivity index (χ2v) is 5.77. The topological polar surface area (TPSA) is 126 Å². The van der Waals surface area contributed by atoms with Crippen LogP contribution in [0.2, 0.25) is 0 Å². The minimum absolute atomic E-state index is 0.158. The number of carbonyl (C=O) groups excluding carboxylic acids is 5. The van der Waals surface area contributed by atoms with Gasteiger partial charge in [0.05, 0.1) is 25.4 Å². The van der Waals surface area contributed by atoms with Gasteiger partial charge in [0.15, 0.2) is 12.2 Å². The van der Waals surface area contributed by atoms with Gasteiger partial charge in [-0.3, -0.25) is 14.4 Å². The molecule has 0 aliphatic carbocycles. The summed E-state index contributed by atoms with van der Waals surface area (Å²) in [6, 6.07) is -2.26. The molecular weight excluding hydrogens is 350 g/mol. The van der Waals surface area contributed by atoms with E-state index in [0.717, 1.165) is 28.1 Å². The van der Waals surface area contributed by atoms with Gasteiger partial charge >= 0.3 is 23.9 Å². The first-order valence-corrected chi connectivity index (χ1v) is 7.69. The van der Waals surface area contributed by atoms with E-state index in [1.807, 2.05) is 0 Å². The Balaban J connectivity index is 2.68. The van der Waals surface area contributed by atoms with Gasteiger partial charge < -0.3 is 23.8 Å². The Kier molecular flexibility index (Phi) is 5.33. The molecule has 1 amide bonds. The third kappa shape index (κ3) is 3.02. The van der Waals surface area contributed by atoms with Crippen LogP contribution in [0.4, 0.5) is 0 Å². The molecule has 1 fully saturated rings. The molecular formula is C16H19NO9. The summed E-state index contributed by atoms with van der Waals surface area (Å²) in [4.78, 5) is 61.0. The highest BCUT2D eigenvalue weighted by atomic mass is 16.6. The standard InChI is InChI=1S/C16H19NO9/c1-6(18)17-11-9(15(21)23-4)10(16(22)24-5)12(17)14(26-8(3)20)13(11)25-7(2)19/h11-14H,1-5H3/t11-,12-,13-,14+/m0/s1. The summed E-state index contributed by atoms with van der Waals surface area (Å²) < 4.78 is 19.9. The third-order valence-electron chi connectivity index (χ3n) is 4.21. The average molecular weight is 369 g/mol. The number of ether oxygens (including phenoxy) is 4. The summed E-state index contributed by atoms with van der Waals surface area (Å²) in [5.74, 6) is -3.66. The molecule has 2 aliphatic heterocycles. The number of amides is 1. The Hall–Kier alpha value is -2.91. The van der Waals surface area contributed by atoms with Crippen LogP contribution >= 0.6 is 0 Å². The van der Waals surface area contributed by atoms with Crippen LogP contribution in [0.1, 0.15) is 20.8 Å². The molecule has 2 rings (SSSR count). The number of esters is 4. The average Bonchev–Trinajstić information content (AvgIpc) is 3.04. The van der Waals surface area contributed by atoms with Crippen LogP contribution < -0.4 is 0 Å². The quantitative estimate of drug-likeness (QED) is 0.458. The molecule has 1 saturated heterocycles. The van der Waals surface area contributed by atoms with Gasteiger partial charge in [0, 0.05) is 20.8 Å². The molecule has 2 bridgehead atoms. The van der Waals surface area contributed by atoms with Crippen molar-refractivity contribution in [2.24, 2.45) is 0 Å². The summed E-state index contributed by atoms with van der Waals surface area (Å²) in [6.07, 6.45) is -2.32. The maximum atomic E-state index is 12.3. The zero-order valence-corrected chi connectivity index (χ0v) is 14.9. The van der Waals surface area contributed by atoms with Gasteiger partial charge in [0.2, 0.25) is 5.91 Å². The number of fused-ring (bicyclic) bond motifs is 2. The number of carbonyl (C=O) groups is 5. The molecule has 0 N–H and O–H groups in total. The number of nitrogens with zero attached hydrogens (tertiary/aromatic N) is 1. The molecule has 4 atom stereocenters. The predicted molar refractivity (Wildman–Crippen MR) is 82.3 cm³/mol. The van der Waals surface area contributed by atoms with Gasteiger partial charge in [-0.1, -0.05) is 0 Å². The maximum absolute atomic E-state index is 12.3. The van der Waals surface area contributed by atoms with Crippen LogP contribution in [0.5, 0.6) is 0 Å². The fourth-order valence-corrected chi connectivity index (χ4v) is 3.49. The van der Waals surface area contributed by atoms with Crippen LogP contribution in [0.25, 0.3) is 0 Å². The molecule has 142 valence electrons. The van der Waals surface area contributed by atoms with Gasteiger partial charge in [-0.05, 0) is 0 Å². The molecule has 0 unspecified atom stereocenters. The molecule has 10 heteroatoms. The molecule has 0 aromatic carbocycles. The number of methoxy groups -OCH3 is 2. The fourth-order valence-electron chi connectivity index (χ4n) is 3.49. The minimum Gasteiger partial charge on any atom is -0.466 e. The lowest BCUT2D eigenvalue weighted by Crippen LogP contribution is -2.46. The zero-order valence-electron chi connectivity index (χ0n) is 14.9. The highest BCUT2D eigenvalue weighted by molar-refractivity contribution is 6.05. The lowest BCUT2D eigenvalue weighted by Gasteiger charge is -2.29. The monoisotopic (exact) mass is 369 g/mol. The molecule has 2 aliphatic rings. The van der Waals surface area contributed by atoms with E-state index < -0.39 is 54.1 Å². The molecule has 0 saturated carbocycles. The zero-order chi connectivity index (χ0) is 19.8. The number of hydrogen-bond donors (Lipinski definition) is 0. The van der Waals surface area contributed by atoms with E-state index in [1.165, 1.54) is 11.8 Å². The molecule has 10 nitrogen and oxygen atoms in total. The highest BCUT2D eigenvalue weighted by Crippen LogP contribution is 2.46. The lowest BCUT2D eigenvalue weighted by molar-refractivity contribution is -0.164. The van der Waals surface area contributed by atoms with Crippen molar-refractivity contribution in [3.05, 3.63) is 11.1 Å². The van der Waals surface area contributed by atoms with Gasteiger partial charge in [0.1, 0.15) is 12.1 Å². The number of hydrogen-bond acceptors (Lipinski definition) is 9. The highest BCUT2D eigenvalue weighted by Gasteiger charge is 2.65. The predicted octanol–water partition coefficient (Wildman–Crippen LogP) is -0.895. The molecule has 26 heavy (non-hydrogen) atoms. The molecule has 0 aromatic heterocycles. The molecule has 0 radical (unpaired) electrons. The summed E-state index contributed by atoms with van der Waals surface area (Å²) >= 11 is 0. The van der Waals surface area contributed by atoms with Crippen LogP contribution in [0, 0.1) is 0 Å². The Morgan fingerprint density at radius 2 is 1.08 bits per heavy atom. The van der Waals surface area contributed by atoms with Crippen molar-refractivity contribution < 1.29 is 42.9 Å². The largest absolute Gasteiger partial charge is 0.466 e. The Morgan fingerprint density at radius 1 is 0.731 bits per heavy atom. The summed E-state index contributed by atoms with van der Waals surface area (Å²) in [7, 11) is 2.22. The van der Waals surface area contributed by atoms with Crippen molar-refractivity contribution in [3.8, 4) is 0 Å². The smallest absolute Gasteiger partial charge is 0.336 e. The molecule has 0 spiro atoms. The van der Waals surface area contributed by atoms with Crippen LogP contribution in [0.3, 0.4) is 0 Å². The van der Waals surface area contributed by atoms with Crippen molar-refractivity contribution in [2.75, 3.05) is 14.2 Å². The van der Waals surface area contributed by atoms with E-state index >= 15 is 0 Å². The van der Waals surface area contributed by atoms with Crippen LogP contribution in [0.15, 0.2) is 11.1 Å². The van der Waals surface area contributed by atoms with E-state index in [-0.39, 0.29) is 11.1 Å². The summed E-state index contributed by atoms with van der Waals surface area (Å²) in [6.45, 7) is 3.49. The van der Waals surface area contributed by atoms with Crippen molar-refractivity contribution >= 4 is 29.8 Å². The van der Waals surface area contributed by atoms with Gasteiger partial charge in [0.25, 0.3) is 0 Å². The summed E-state index contributed by atoms with van der Waals surface area (Å²) in [5, 5.41) is 0. The van der Waals surface area contributed by atoms with Gasteiger partial charge in [-0.15, -0.1) is 0 Å². The van der Waals surface area contributed by atoms with Crippen LogP contribution in [-0.4, -0.2) is 73.2 Å². The molecule has 2 heterocycles. The van der Waals surface area contributed by atoms with Crippen molar-refractivity contribution in [1.82, 2.24) is 4.90 Å². The second kappa shape index (κ2) is 7.14. The number of rotatable bonds is 4. The van der Waals surface area contributed by atoms with E-state index in [1.54, 1.807) is 0 Å². The van der Waals surface area contributed by atoms with Crippen molar-refractivity contribution in [1.29, 1.82) is 0 Å². The van der Waals surface area contributed by atoms with Crippen molar-refractivity contribution in [2.45, 2.75) is 45.1 Å². The SMILES string of the molecule is COC(=O)C1=C(C(=O)OC)[C@H]2[C@@H](OC(C)=O)[C@@H](OC(C)=O)[C@H]1N2C(C)=O. The Morgan fingerprint density at radius 3 is 1.31 bits per heavy atom. The first-order valence-electron chi connectivity index (χ1n) is 7.69. The minimum atomic E-state index is -1.16.